The van der Waals surface area contributed by atoms with Gasteiger partial charge in [-0.05, 0) is 12.1 Å². The van der Waals surface area contributed by atoms with Crippen molar-refractivity contribution in [3.05, 3.63) is 30.2 Å². The van der Waals surface area contributed by atoms with E-state index in [0.717, 1.165) is 5.65 Å². The number of ether oxygens (including phenoxy) is 1. The molecule has 22 heavy (non-hydrogen) atoms. The van der Waals surface area contributed by atoms with E-state index >= 15 is 0 Å². The van der Waals surface area contributed by atoms with Gasteiger partial charge < -0.3 is 10.1 Å². The molecule has 1 aliphatic rings. The normalized spacial score (nSPS) is 25.7. The molecule has 2 aromatic rings. The summed E-state index contributed by atoms with van der Waals surface area (Å²) in [4.78, 5) is 12.6. The molecule has 0 aliphatic heterocycles. The molecular formula is C16H22N4O2. The molecule has 0 aromatic carbocycles. The van der Waals surface area contributed by atoms with Crippen molar-refractivity contribution in [1.82, 2.24) is 19.9 Å². The summed E-state index contributed by atoms with van der Waals surface area (Å²) in [7, 11) is 1.73. The molecule has 1 amide bonds. The summed E-state index contributed by atoms with van der Waals surface area (Å²) in [6, 6.07) is 3.61. The zero-order valence-corrected chi connectivity index (χ0v) is 13.6. The van der Waals surface area contributed by atoms with Gasteiger partial charge in [0.05, 0.1) is 11.7 Å². The second kappa shape index (κ2) is 4.78. The predicted molar refractivity (Wildman–Crippen MR) is 82.6 cm³/mol. The third-order valence-corrected chi connectivity index (χ3v) is 4.90. The summed E-state index contributed by atoms with van der Waals surface area (Å²) in [5.41, 5.74) is 1.11. The highest BCUT2D eigenvalue weighted by Crippen LogP contribution is 2.55. The molecule has 1 N–H and O–H groups in total. The van der Waals surface area contributed by atoms with Crippen LogP contribution in [0.4, 0.5) is 0 Å². The number of rotatable bonds is 3. The van der Waals surface area contributed by atoms with E-state index in [4.69, 9.17) is 4.74 Å². The van der Waals surface area contributed by atoms with Crippen LogP contribution in [0.3, 0.4) is 0 Å². The van der Waals surface area contributed by atoms with Crippen LogP contribution in [0.15, 0.2) is 24.7 Å². The first kappa shape index (κ1) is 15.0. The molecule has 0 atom stereocenters. The summed E-state index contributed by atoms with van der Waals surface area (Å²) in [5.74, 6) is -0.0868. The number of aromatic nitrogens is 3. The van der Waals surface area contributed by atoms with Crippen LogP contribution in [0.25, 0.3) is 5.65 Å². The van der Waals surface area contributed by atoms with E-state index in [2.05, 4.69) is 43.2 Å². The smallest absolute Gasteiger partial charge is 0.253 e. The van der Waals surface area contributed by atoms with E-state index < -0.39 is 0 Å². The van der Waals surface area contributed by atoms with Gasteiger partial charge >= 0.3 is 0 Å². The zero-order valence-electron chi connectivity index (χ0n) is 13.6. The van der Waals surface area contributed by atoms with Crippen LogP contribution >= 0.6 is 0 Å². The van der Waals surface area contributed by atoms with Crippen molar-refractivity contribution in [3.8, 4) is 0 Å². The number of nitrogens with one attached hydrogen (secondary N) is 1. The van der Waals surface area contributed by atoms with E-state index in [-0.39, 0.29) is 28.9 Å². The Hall–Kier alpha value is -1.95. The Balaban J connectivity index is 1.82. The maximum Gasteiger partial charge on any atom is 0.253 e. The Morgan fingerprint density at radius 1 is 1.27 bits per heavy atom. The Morgan fingerprint density at radius 2 is 1.95 bits per heavy atom. The molecule has 0 saturated heterocycles. The van der Waals surface area contributed by atoms with Crippen LogP contribution in [0.1, 0.15) is 38.1 Å². The van der Waals surface area contributed by atoms with Crippen molar-refractivity contribution in [1.29, 1.82) is 0 Å². The predicted octanol–water partition coefficient (Wildman–Crippen LogP) is 1.91. The molecule has 0 radical (unpaired) electrons. The second-order valence-corrected chi connectivity index (χ2v) is 7.18. The number of carbonyl (C=O) groups is 1. The second-order valence-electron chi connectivity index (χ2n) is 7.18. The van der Waals surface area contributed by atoms with Gasteiger partial charge in [-0.25, -0.2) is 0 Å². The average Bonchev–Trinajstić information content (AvgIpc) is 2.91. The van der Waals surface area contributed by atoms with Crippen LogP contribution in [-0.4, -0.2) is 39.8 Å². The number of hydrogen-bond donors (Lipinski definition) is 1. The zero-order chi connectivity index (χ0) is 16.1. The first-order valence-corrected chi connectivity index (χ1v) is 7.41. The molecule has 0 unspecified atom stereocenters. The Labute approximate surface area is 129 Å². The fourth-order valence-electron chi connectivity index (χ4n) is 4.28. The quantitative estimate of drug-likeness (QED) is 0.940. The summed E-state index contributed by atoms with van der Waals surface area (Å²) in [5, 5.41) is 10.9. The first-order chi connectivity index (χ1) is 10.3. The van der Waals surface area contributed by atoms with E-state index in [1.54, 1.807) is 36.2 Å². The van der Waals surface area contributed by atoms with E-state index in [0.29, 0.717) is 5.56 Å². The van der Waals surface area contributed by atoms with Crippen molar-refractivity contribution in [2.24, 2.45) is 10.8 Å². The minimum absolute atomic E-state index is 0.0501. The Kier molecular flexibility index (Phi) is 3.25. The molecule has 6 heteroatoms. The van der Waals surface area contributed by atoms with Gasteiger partial charge in [0.1, 0.15) is 6.33 Å². The third kappa shape index (κ3) is 2.01. The molecule has 118 valence electrons. The van der Waals surface area contributed by atoms with Crippen LogP contribution in [0.5, 0.6) is 0 Å². The topological polar surface area (TPSA) is 68.5 Å². The number of fused-ring (bicyclic) bond motifs is 1. The van der Waals surface area contributed by atoms with Crippen LogP contribution in [0, 0.1) is 10.8 Å². The Morgan fingerprint density at radius 3 is 2.59 bits per heavy atom. The number of carbonyl (C=O) groups excluding carboxylic acids is 1. The van der Waals surface area contributed by atoms with Crippen molar-refractivity contribution < 1.29 is 9.53 Å². The minimum atomic E-state index is -0.103. The van der Waals surface area contributed by atoms with Gasteiger partial charge in [0, 0.05) is 30.2 Å². The van der Waals surface area contributed by atoms with Crippen molar-refractivity contribution >= 4 is 11.6 Å². The molecule has 2 aromatic heterocycles. The van der Waals surface area contributed by atoms with Gasteiger partial charge in [-0.15, -0.1) is 10.2 Å². The monoisotopic (exact) mass is 302 g/mol. The largest absolute Gasteiger partial charge is 0.380 e. The van der Waals surface area contributed by atoms with Crippen LogP contribution in [-0.2, 0) is 4.74 Å². The molecule has 1 saturated carbocycles. The van der Waals surface area contributed by atoms with Gasteiger partial charge in [-0.1, -0.05) is 27.7 Å². The van der Waals surface area contributed by atoms with Crippen LogP contribution < -0.4 is 5.32 Å². The summed E-state index contributed by atoms with van der Waals surface area (Å²) < 4.78 is 7.35. The Bertz CT molecular complexity index is 704. The number of nitrogens with zero attached hydrogens (tertiary/aromatic N) is 3. The van der Waals surface area contributed by atoms with E-state index in [9.17, 15) is 4.79 Å². The maximum atomic E-state index is 12.6. The molecular weight excluding hydrogens is 280 g/mol. The SMILES string of the molecule is COC1C(C)(C)C(NC(=O)c2ccc3nncn3c2)C1(C)C. The van der Waals surface area contributed by atoms with Gasteiger partial charge in [0.2, 0.25) is 0 Å². The van der Waals surface area contributed by atoms with Gasteiger partial charge in [0.25, 0.3) is 5.91 Å². The highest BCUT2D eigenvalue weighted by atomic mass is 16.5. The summed E-state index contributed by atoms with van der Waals surface area (Å²) in [6.45, 7) is 8.50. The summed E-state index contributed by atoms with van der Waals surface area (Å²) >= 11 is 0. The number of methoxy groups -OCH3 is 1. The molecule has 0 bridgehead atoms. The lowest BCUT2D eigenvalue weighted by Crippen LogP contribution is -2.73. The molecule has 2 heterocycles. The van der Waals surface area contributed by atoms with Crippen molar-refractivity contribution in [2.75, 3.05) is 7.11 Å². The number of amides is 1. The minimum Gasteiger partial charge on any atom is -0.380 e. The molecule has 1 fully saturated rings. The van der Waals surface area contributed by atoms with E-state index in [1.807, 2.05) is 0 Å². The maximum absolute atomic E-state index is 12.6. The van der Waals surface area contributed by atoms with E-state index in [1.165, 1.54) is 0 Å². The van der Waals surface area contributed by atoms with Gasteiger partial charge in [-0.3, -0.25) is 9.20 Å². The third-order valence-electron chi connectivity index (χ3n) is 4.90. The molecule has 3 rings (SSSR count). The van der Waals surface area contributed by atoms with Crippen molar-refractivity contribution in [3.63, 3.8) is 0 Å². The number of hydrogen-bond acceptors (Lipinski definition) is 4. The lowest BCUT2D eigenvalue weighted by Gasteiger charge is -2.63. The average molecular weight is 302 g/mol. The van der Waals surface area contributed by atoms with Gasteiger partial charge in [0.15, 0.2) is 5.65 Å². The highest BCUT2D eigenvalue weighted by molar-refractivity contribution is 5.94. The molecule has 0 spiro atoms. The van der Waals surface area contributed by atoms with Crippen molar-refractivity contribution in [2.45, 2.75) is 39.8 Å². The van der Waals surface area contributed by atoms with Crippen LogP contribution in [0.2, 0.25) is 0 Å². The summed E-state index contributed by atoms with van der Waals surface area (Å²) in [6.07, 6.45) is 3.45. The lowest BCUT2D eigenvalue weighted by molar-refractivity contribution is -0.195. The highest BCUT2D eigenvalue weighted by Gasteiger charge is 2.62. The van der Waals surface area contributed by atoms with Gasteiger partial charge in [-0.2, -0.15) is 0 Å². The standard InChI is InChI=1S/C16H22N4O2/c1-15(2)13(16(3,4)14(15)22-5)18-12(21)10-6-7-11-19-17-9-20(11)8-10/h6-9,13-14H,1-5H3,(H,18,21). The molecule has 6 nitrogen and oxygen atoms in total. The lowest BCUT2D eigenvalue weighted by atomic mass is 9.49. The number of pyridine rings is 1. The first-order valence-electron chi connectivity index (χ1n) is 7.41. The fraction of sp³-hybridized carbons (Fsp3) is 0.562. The fourth-order valence-corrected chi connectivity index (χ4v) is 4.28. The molecule has 1 aliphatic carbocycles.